The monoisotopic (exact) mass is 312 g/mol. The molecular weight excluding hydrogens is 298 g/mol. The van der Waals surface area contributed by atoms with Crippen LogP contribution in [0.3, 0.4) is 0 Å². The zero-order chi connectivity index (χ0) is 14.3. The molecule has 1 aliphatic rings. The fraction of sp³-hybridized carbons (Fsp3) is 0.400. The third-order valence-electron chi connectivity index (χ3n) is 3.89. The normalized spacial score (nSPS) is 15.0. The van der Waals surface area contributed by atoms with Gasteiger partial charge in [0, 0.05) is 23.8 Å². The number of nitrogens with zero attached hydrogens (tertiary/aromatic N) is 1. The second-order valence-corrected chi connectivity index (χ2v) is 5.89. The molecule has 2 nitrogen and oxygen atoms in total. The van der Waals surface area contributed by atoms with Gasteiger partial charge in [0.15, 0.2) is 5.82 Å². The summed E-state index contributed by atoms with van der Waals surface area (Å²) in [6.45, 7) is 0. The van der Waals surface area contributed by atoms with Gasteiger partial charge in [-0.05, 0) is 37.3 Å². The number of fused-ring (bicyclic) bond motifs is 2. The number of rotatable bonds is 1. The number of pyridine rings is 1. The predicted octanol–water partition coefficient (Wildman–Crippen LogP) is 4.99. The maximum absolute atomic E-state index is 14.0. The Morgan fingerprint density at radius 3 is 2.70 bits per heavy atom. The summed E-state index contributed by atoms with van der Waals surface area (Å²) >= 11 is 12.0. The minimum atomic E-state index is -0.576. The van der Waals surface area contributed by atoms with Crippen molar-refractivity contribution < 1.29 is 4.39 Å². The van der Waals surface area contributed by atoms with Crippen molar-refractivity contribution in [3.63, 3.8) is 0 Å². The van der Waals surface area contributed by atoms with Gasteiger partial charge < -0.3 is 5.32 Å². The molecule has 1 aromatic heterocycles. The molecule has 1 aromatic carbocycles. The molecule has 0 unspecified atom stereocenters. The first-order valence-corrected chi connectivity index (χ1v) is 7.55. The van der Waals surface area contributed by atoms with Crippen LogP contribution in [0.2, 0.25) is 10.0 Å². The van der Waals surface area contributed by atoms with E-state index in [1.54, 1.807) is 6.07 Å². The van der Waals surface area contributed by atoms with E-state index in [1.165, 1.54) is 12.0 Å². The van der Waals surface area contributed by atoms with Crippen LogP contribution in [0.5, 0.6) is 0 Å². The lowest BCUT2D eigenvalue weighted by Crippen LogP contribution is -2.04. The Balaban J connectivity index is 2.40. The first kappa shape index (κ1) is 13.9. The molecular formula is C15H15Cl2FN2. The van der Waals surface area contributed by atoms with E-state index in [9.17, 15) is 4.39 Å². The van der Waals surface area contributed by atoms with Crippen LogP contribution in [-0.2, 0) is 12.8 Å². The van der Waals surface area contributed by atoms with Crippen LogP contribution in [0.4, 0.5) is 10.1 Å². The Kier molecular flexibility index (Phi) is 3.74. The van der Waals surface area contributed by atoms with Crippen molar-refractivity contribution in [3.8, 4) is 0 Å². The summed E-state index contributed by atoms with van der Waals surface area (Å²) < 4.78 is 14.0. The first-order valence-electron chi connectivity index (χ1n) is 6.80. The van der Waals surface area contributed by atoms with Crippen LogP contribution in [0.25, 0.3) is 10.9 Å². The van der Waals surface area contributed by atoms with Crippen LogP contribution < -0.4 is 5.32 Å². The van der Waals surface area contributed by atoms with Crippen molar-refractivity contribution >= 4 is 39.8 Å². The lowest BCUT2D eigenvalue weighted by atomic mass is 10.0. The van der Waals surface area contributed by atoms with Gasteiger partial charge >= 0.3 is 0 Å². The van der Waals surface area contributed by atoms with Crippen LogP contribution in [0.15, 0.2) is 6.07 Å². The summed E-state index contributed by atoms with van der Waals surface area (Å²) in [6.07, 6.45) is 5.36. The molecule has 0 saturated heterocycles. The number of nitrogens with one attached hydrogen (secondary N) is 1. The van der Waals surface area contributed by atoms with Gasteiger partial charge in [0.2, 0.25) is 0 Å². The average Bonchev–Trinajstić information content (AvgIpc) is 2.68. The lowest BCUT2D eigenvalue weighted by molar-refractivity contribution is 0.630. The van der Waals surface area contributed by atoms with Gasteiger partial charge in [-0.3, -0.25) is 4.98 Å². The smallest absolute Gasteiger partial charge is 0.161 e. The van der Waals surface area contributed by atoms with E-state index in [0.717, 1.165) is 37.1 Å². The largest absolute Gasteiger partial charge is 0.387 e. The van der Waals surface area contributed by atoms with Gasteiger partial charge in [-0.25, -0.2) is 4.39 Å². The molecule has 1 heterocycles. The number of anilines is 1. The van der Waals surface area contributed by atoms with Crippen molar-refractivity contribution in [1.29, 1.82) is 0 Å². The Bertz CT molecular complexity index is 686. The van der Waals surface area contributed by atoms with Crippen molar-refractivity contribution in [2.45, 2.75) is 32.1 Å². The van der Waals surface area contributed by atoms with Crippen molar-refractivity contribution in [2.24, 2.45) is 0 Å². The predicted molar refractivity (Wildman–Crippen MR) is 82.5 cm³/mol. The zero-order valence-electron chi connectivity index (χ0n) is 11.2. The Hall–Kier alpha value is -1.06. The van der Waals surface area contributed by atoms with Crippen molar-refractivity contribution in [1.82, 2.24) is 4.98 Å². The van der Waals surface area contributed by atoms with Crippen LogP contribution >= 0.6 is 23.2 Å². The quantitative estimate of drug-likeness (QED) is 0.592. The summed E-state index contributed by atoms with van der Waals surface area (Å²) in [4.78, 5) is 4.67. The molecule has 0 radical (unpaired) electrons. The minimum absolute atomic E-state index is 0.0191. The standard InChI is InChI=1S/C15H15Cl2FN2/c1-19-15-8-5-3-2-4-6-10(8)20-11-7-9(16)14(18)13(17)12(11)15/h7H,2-6H2,1H3,(H,19,20). The zero-order valence-corrected chi connectivity index (χ0v) is 12.7. The number of halogens is 3. The highest BCUT2D eigenvalue weighted by molar-refractivity contribution is 6.39. The van der Waals surface area contributed by atoms with Crippen LogP contribution in [0.1, 0.15) is 30.5 Å². The van der Waals surface area contributed by atoms with E-state index in [-0.39, 0.29) is 10.0 Å². The van der Waals surface area contributed by atoms with E-state index in [4.69, 9.17) is 23.2 Å². The van der Waals surface area contributed by atoms with Crippen molar-refractivity contribution in [2.75, 3.05) is 12.4 Å². The van der Waals surface area contributed by atoms with Gasteiger partial charge in [0.05, 0.1) is 15.6 Å². The number of aryl methyl sites for hydroxylation is 1. The molecule has 20 heavy (non-hydrogen) atoms. The third-order valence-corrected chi connectivity index (χ3v) is 4.52. The van der Waals surface area contributed by atoms with E-state index in [1.807, 2.05) is 7.05 Å². The molecule has 1 aliphatic carbocycles. The second kappa shape index (κ2) is 5.38. The van der Waals surface area contributed by atoms with Gasteiger partial charge in [0.25, 0.3) is 0 Å². The van der Waals surface area contributed by atoms with Gasteiger partial charge in [-0.2, -0.15) is 0 Å². The maximum Gasteiger partial charge on any atom is 0.161 e. The molecule has 2 aromatic rings. The van der Waals surface area contributed by atoms with E-state index in [2.05, 4.69) is 10.3 Å². The second-order valence-electron chi connectivity index (χ2n) is 5.10. The van der Waals surface area contributed by atoms with E-state index >= 15 is 0 Å². The molecule has 0 fully saturated rings. The molecule has 0 bridgehead atoms. The van der Waals surface area contributed by atoms with Crippen LogP contribution in [-0.4, -0.2) is 12.0 Å². The Morgan fingerprint density at radius 2 is 1.95 bits per heavy atom. The Labute approximate surface area is 127 Å². The average molecular weight is 313 g/mol. The molecule has 0 amide bonds. The third kappa shape index (κ3) is 2.13. The highest BCUT2D eigenvalue weighted by Gasteiger charge is 2.21. The Morgan fingerprint density at radius 1 is 1.20 bits per heavy atom. The lowest BCUT2D eigenvalue weighted by Gasteiger charge is -2.16. The first-order chi connectivity index (χ1) is 9.63. The summed E-state index contributed by atoms with van der Waals surface area (Å²) in [5.74, 6) is -0.576. The number of hydrogen-bond acceptors (Lipinski definition) is 2. The summed E-state index contributed by atoms with van der Waals surface area (Å²) in [6, 6.07) is 1.56. The number of benzene rings is 1. The molecule has 1 N–H and O–H groups in total. The van der Waals surface area contributed by atoms with Crippen molar-refractivity contribution in [3.05, 3.63) is 33.2 Å². The fourth-order valence-corrected chi connectivity index (χ4v) is 3.48. The fourth-order valence-electron chi connectivity index (χ4n) is 2.94. The topological polar surface area (TPSA) is 24.9 Å². The van der Waals surface area contributed by atoms with E-state index < -0.39 is 5.82 Å². The summed E-state index contributed by atoms with van der Waals surface area (Å²) in [5, 5.41) is 3.89. The number of hydrogen-bond donors (Lipinski definition) is 1. The van der Waals surface area contributed by atoms with Gasteiger partial charge in [-0.15, -0.1) is 0 Å². The van der Waals surface area contributed by atoms with Gasteiger partial charge in [-0.1, -0.05) is 29.6 Å². The molecule has 3 rings (SSSR count). The highest BCUT2D eigenvalue weighted by Crippen LogP contribution is 2.39. The van der Waals surface area contributed by atoms with Gasteiger partial charge in [0.1, 0.15) is 0 Å². The molecule has 106 valence electrons. The maximum atomic E-state index is 14.0. The molecule has 0 atom stereocenters. The molecule has 0 aliphatic heterocycles. The summed E-state index contributed by atoms with van der Waals surface area (Å²) in [5.41, 5.74) is 3.80. The molecule has 5 heteroatoms. The number of aromatic nitrogens is 1. The van der Waals surface area contributed by atoms with Crippen LogP contribution in [0, 0.1) is 5.82 Å². The summed E-state index contributed by atoms with van der Waals surface area (Å²) in [7, 11) is 1.84. The molecule has 0 saturated carbocycles. The van der Waals surface area contributed by atoms with E-state index in [0.29, 0.717) is 10.9 Å². The highest BCUT2D eigenvalue weighted by atomic mass is 35.5. The minimum Gasteiger partial charge on any atom is -0.387 e. The molecule has 0 spiro atoms. The SMILES string of the molecule is CNc1c2c(nc3cc(Cl)c(F)c(Cl)c13)CCCCC2.